The SMILES string of the molecule is NCc1ccccc1.O=S(=O)=C(CS(=O)(=O)O)c1ccccc1. The maximum Gasteiger partial charge on any atom is 0.270 e. The van der Waals surface area contributed by atoms with Crippen molar-refractivity contribution in [2.24, 2.45) is 5.73 Å². The third-order valence-corrected chi connectivity index (χ3v) is 4.31. The summed E-state index contributed by atoms with van der Waals surface area (Å²) < 4.78 is 51.3. The average Bonchev–Trinajstić information content (AvgIpc) is 2.54. The molecule has 0 heterocycles. The first-order chi connectivity index (χ1) is 10.8. The van der Waals surface area contributed by atoms with E-state index in [1.807, 2.05) is 30.3 Å². The zero-order valence-electron chi connectivity index (χ0n) is 12.2. The molecule has 23 heavy (non-hydrogen) atoms. The zero-order chi connectivity index (χ0) is 17.3. The highest BCUT2D eigenvalue weighted by atomic mass is 32.2. The van der Waals surface area contributed by atoms with Crippen LogP contribution in [0, 0.1) is 0 Å². The van der Waals surface area contributed by atoms with Gasteiger partial charge in [-0.15, -0.1) is 0 Å². The van der Waals surface area contributed by atoms with Crippen LogP contribution in [0.3, 0.4) is 0 Å². The molecule has 3 N–H and O–H groups in total. The van der Waals surface area contributed by atoms with Crippen molar-refractivity contribution in [3.63, 3.8) is 0 Å². The van der Waals surface area contributed by atoms with Crippen LogP contribution >= 0.6 is 0 Å². The summed E-state index contributed by atoms with van der Waals surface area (Å²) in [5, 5.41) is 0. The van der Waals surface area contributed by atoms with Crippen molar-refractivity contribution in [2.45, 2.75) is 6.54 Å². The second-order valence-corrected chi connectivity index (χ2v) is 6.85. The quantitative estimate of drug-likeness (QED) is 0.482. The predicted octanol–water partition coefficient (Wildman–Crippen LogP) is 1.12. The van der Waals surface area contributed by atoms with Crippen molar-refractivity contribution in [3.8, 4) is 0 Å². The van der Waals surface area contributed by atoms with Gasteiger partial charge in [-0.1, -0.05) is 60.7 Å². The Balaban J connectivity index is 0.000000277. The normalized spacial score (nSPS) is 10.3. The zero-order valence-corrected chi connectivity index (χ0v) is 13.8. The molecule has 0 atom stereocenters. The fourth-order valence-corrected chi connectivity index (χ4v) is 3.29. The molecule has 124 valence electrons. The van der Waals surface area contributed by atoms with E-state index in [2.05, 4.69) is 0 Å². The van der Waals surface area contributed by atoms with E-state index >= 15 is 0 Å². The van der Waals surface area contributed by atoms with E-state index in [4.69, 9.17) is 10.3 Å². The van der Waals surface area contributed by atoms with Crippen LogP contribution in [0.15, 0.2) is 60.7 Å². The van der Waals surface area contributed by atoms with Crippen molar-refractivity contribution >= 4 is 25.3 Å². The smallest absolute Gasteiger partial charge is 0.270 e. The highest BCUT2D eigenvalue weighted by molar-refractivity contribution is 7.88. The molecule has 0 amide bonds. The molecule has 0 radical (unpaired) electrons. The molecular formula is C15H17NO5S2. The number of benzene rings is 2. The van der Waals surface area contributed by atoms with Crippen molar-refractivity contribution in [1.82, 2.24) is 0 Å². The fraction of sp³-hybridized carbons (Fsp3) is 0.133. The van der Waals surface area contributed by atoms with Gasteiger partial charge in [0.15, 0.2) is 0 Å². The van der Waals surface area contributed by atoms with E-state index in [9.17, 15) is 16.8 Å². The monoisotopic (exact) mass is 355 g/mol. The summed E-state index contributed by atoms with van der Waals surface area (Å²) in [5.74, 6) is -0.910. The Morgan fingerprint density at radius 1 is 0.957 bits per heavy atom. The standard InChI is InChI=1S/C8H8O5S2.C7H9N/c9-14(10)8(6-15(11,12)13)7-4-2-1-3-5-7;8-6-7-4-2-1-3-5-7/h1-5H,6H2,(H,11,12,13);1-5H,6,8H2. The molecule has 2 aromatic carbocycles. The highest BCUT2D eigenvalue weighted by Gasteiger charge is 2.14. The minimum Gasteiger partial charge on any atom is -0.326 e. The Morgan fingerprint density at radius 3 is 1.78 bits per heavy atom. The van der Waals surface area contributed by atoms with Crippen LogP contribution in [0.5, 0.6) is 0 Å². The summed E-state index contributed by atoms with van der Waals surface area (Å²) in [7, 11) is -7.02. The molecule has 0 spiro atoms. The lowest BCUT2D eigenvalue weighted by molar-refractivity contribution is 0.488. The van der Waals surface area contributed by atoms with Gasteiger partial charge >= 0.3 is 0 Å². The lowest BCUT2D eigenvalue weighted by atomic mass is 10.2. The van der Waals surface area contributed by atoms with Crippen molar-refractivity contribution in [3.05, 3.63) is 71.8 Å². The Labute approximate surface area is 136 Å². The van der Waals surface area contributed by atoms with Crippen LogP contribution in [0.25, 0.3) is 0 Å². The van der Waals surface area contributed by atoms with Crippen LogP contribution < -0.4 is 5.73 Å². The Bertz CT molecular complexity index is 837. The first kappa shape index (κ1) is 19.0. The molecule has 8 heteroatoms. The lowest BCUT2D eigenvalue weighted by Crippen LogP contribution is -2.16. The molecule has 0 aliphatic heterocycles. The molecular weight excluding hydrogens is 338 g/mol. The summed E-state index contributed by atoms with van der Waals surface area (Å²) in [5.41, 5.74) is 6.79. The van der Waals surface area contributed by atoms with E-state index in [0.717, 1.165) is 0 Å². The lowest BCUT2D eigenvalue weighted by Gasteiger charge is -1.99. The van der Waals surface area contributed by atoms with Crippen molar-refractivity contribution in [1.29, 1.82) is 0 Å². The second-order valence-electron chi connectivity index (χ2n) is 4.44. The summed E-state index contributed by atoms with van der Waals surface area (Å²) in [6, 6.07) is 17.7. The van der Waals surface area contributed by atoms with Crippen LogP contribution in [0.4, 0.5) is 0 Å². The average molecular weight is 355 g/mol. The predicted molar refractivity (Wildman–Crippen MR) is 90.2 cm³/mol. The fourth-order valence-electron chi connectivity index (χ4n) is 1.63. The first-order valence-electron chi connectivity index (χ1n) is 6.53. The molecule has 6 nitrogen and oxygen atoms in total. The molecule has 2 rings (SSSR count). The summed E-state index contributed by atoms with van der Waals surface area (Å²) in [6.07, 6.45) is 0. The highest BCUT2D eigenvalue weighted by Crippen LogP contribution is 2.02. The first-order valence-corrected chi connectivity index (χ1v) is 9.21. The molecule has 0 bridgehead atoms. The summed E-state index contributed by atoms with van der Waals surface area (Å²) in [4.78, 5) is -0.349. The van der Waals surface area contributed by atoms with Crippen LogP contribution in [-0.4, -0.2) is 32.0 Å². The van der Waals surface area contributed by atoms with Gasteiger partial charge in [0.2, 0.25) is 10.3 Å². The van der Waals surface area contributed by atoms with Gasteiger partial charge in [0.1, 0.15) is 5.75 Å². The van der Waals surface area contributed by atoms with E-state index in [0.29, 0.717) is 6.54 Å². The topological polar surface area (TPSA) is 115 Å². The van der Waals surface area contributed by atoms with E-state index in [-0.39, 0.29) is 10.4 Å². The maximum absolute atomic E-state index is 10.8. The van der Waals surface area contributed by atoms with Gasteiger partial charge in [0, 0.05) is 6.54 Å². The van der Waals surface area contributed by atoms with E-state index in [1.165, 1.54) is 17.7 Å². The van der Waals surface area contributed by atoms with Gasteiger partial charge in [-0.05, 0) is 11.1 Å². The van der Waals surface area contributed by atoms with Crippen LogP contribution in [0.1, 0.15) is 11.1 Å². The summed E-state index contributed by atoms with van der Waals surface area (Å²) >= 11 is 0. The van der Waals surface area contributed by atoms with Gasteiger partial charge in [0.05, 0.1) is 4.86 Å². The molecule has 0 aliphatic rings. The van der Waals surface area contributed by atoms with E-state index < -0.39 is 26.2 Å². The number of nitrogens with two attached hydrogens (primary N) is 1. The van der Waals surface area contributed by atoms with Gasteiger partial charge in [0.25, 0.3) is 10.1 Å². The van der Waals surface area contributed by atoms with Crippen LogP contribution in [-0.2, 0) is 27.0 Å². The third kappa shape index (κ3) is 7.71. The minimum absolute atomic E-state index is 0.253. The molecule has 0 unspecified atom stereocenters. The van der Waals surface area contributed by atoms with Gasteiger partial charge < -0.3 is 5.73 Å². The number of rotatable bonds is 4. The van der Waals surface area contributed by atoms with Gasteiger partial charge in [-0.2, -0.15) is 16.8 Å². The van der Waals surface area contributed by atoms with Gasteiger partial charge in [-0.25, -0.2) is 0 Å². The Morgan fingerprint density at radius 2 is 1.43 bits per heavy atom. The number of hydrogen-bond donors (Lipinski definition) is 2. The molecule has 0 saturated carbocycles. The maximum atomic E-state index is 10.8. The largest absolute Gasteiger partial charge is 0.326 e. The Kier molecular flexibility index (Phi) is 7.63. The molecule has 0 saturated heterocycles. The summed E-state index contributed by atoms with van der Waals surface area (Å²) in [6.45, 7) is 0.640. The van der Waals surface area contributed by atoms with Crippen LogP contribution in [0.2, 0.25) is 0 Å². The molecule has 2 aromatic rings. The Hall–Kier alpha value is -2.00. The molecule has 0 aromatic heterocycles. The number of hydrogen-bond acceptors (Lipinski definition) is 5. The van der Waals surface area contributed by atoms with E-state index in [1.54, 1.807) is 18.2 Å². The van der Waals surface area contributed by atoms with Crippen molar-refractivity contribution in [2.75, 3.05) is 5.75 Å². The minimum atomic E-state index is -4.35. The van der Waals surface area contributed by atoms with Gasteiger partial charge in [-0.3, -0.25) is 4.55 Å². The molecule has 0 aliphatic carbocycles. The second kappa shape index (κ2) is 9.21. The van der Waals surface area contributed by atoms with Crippen molar-refractivity contribution < 1.29 is 21.4 Å². The molecule has 0 fully saturated rings. The third-order valence-electron chi connectivity index (χ3n) is 2.69.